The molecule has 0 aromatic carbocycles. The lowest BCUT2D eigenvalue weighted by atomic mass is 9.73. The molecule has 1 aliphatic rings. The van der Waals surface area contributed by atoms with E-state index in [1.165, 1.54) is 6.42 Å². The van der Waals surface area contributed by atoms with Gasteiger partial charge in [0.05, 0.1) is 13.2 Å². The maximum Gasteiger partial charge on any atom is 0.0547 e. The van der Waals surface area contributed by atoms with Crippen molar-refractivity contribution in [2.75, 3.05) is 26.8 Å². The summed E-state index contributed by atoms with van der Waals surface area (Å²) in [5, 5.41) is 3.19. The third-order valence-corrected chi connectivity index (χ3v) is 2.88. The molecule has 2 heteroatoms. The van der Waals surface area contributed by atoms with Gasteiger partial charge in [0.25, 0.3) is 0 Å². The first-order valence-corrected chi connectivity index (χ1v) is 4.43. The predicted molar refractivity (Wildman–Crippen MR) is 46.6 cm³/mol. The molecular formula is C9H19NO. The molecular weight excluding hydrogens is 138 g/mol. The number of rotatable bonds is 4. The first-order chi connectivity index (χ1) is 5.21. The van der Waals surface area contributed by atoms with Crippen molar-refractivity contribution in [1.29, 1.82) is 0 Å². The molecule has 1 saturated heterocycles. The SMILES string of the molecule is CNCCC1(C(C)C)COC1. The fourth-order valence-corrected chi connectivity index (χ4v) is 1.50. The molecule has 1 fully saturated rings. The van der Waals surface area contributed by atoms with E-state index in [4.69, 9.17) is 4.74 Å². The second-order valence-corrected chi connectivity index (χ2v) is 3.86. The molecule has 0 atom stereocenters. The second kappa shape index (κ2) is 3.55. The summed E-state index contributed by atoms with van der Waals surface area (Å²) in [6.07, 6.45) is 1.25. The van der Waals surface area contributed by atoms with Crippen molar-refractivity contribution in [3.05, 3.63) is 0 Å². The van der Waals surface area contributed by atoms with Gasteiger partial charge < -0.3 is 10.1 Å². The fourth-order valence-electron chi connectivity index (χ4n) is 1.50. The van der Waals surface area contributed by atoms with Gasteiger partial charge in [-0.3, -0.25) is 0 Å². The normalized spacial score (nSPS) is 21.8. The van der Waals surface area contributed by atoms with Crippen LogP contribution in [0.15, 0.2) is 0 Å². The summed E-state index contributed by atoms with van der Waals surface area (Å²) in [6.45, 7) is 7.62. The summed E-state index contributed by atoms with van der Waals surface area (Å²) in [4.78, 5) is 0. The Morgan fingerprint density at radius 3 is 2.36 bits per heavy atom. The lowest BCUT2D eigenvalue weighted by Crippen LogP contribution is -2.48. The van der Waals surface area contributed by atoms with Gasteiger partial charge in [-0.15, -0.1) is 0 Å². The highest BCUT2D eigenvalue weighted by atomic mass is 16.5. The molecule has 1 N–H and O–H groups in total. The smallest absolute Gasteiger partial charge is 0.0547 e. The van der Waals surface area contributed by atoms with Gasteiger partial charge in [-0.05, 0) is 25.9 Å². The largest absolute Gasteiger partial charge is 0.380 e. The average molecular weight is 157 g/mol. The van der Waals surface area contributed by atoms with E-state index in [9.17, 15) is 0 Å². The Morgan fingerprint density at radius 1 is 1.45 bits per heavy atom. The van der Waals surface area contributed by atoms with Crippen LogP contribution in [0, 0.1) is 11.3 Å². The van der Waals surface area contributed by atoms with Crippen LogP contribution in [-0.2, 0) is 4.74 Å². The van der Waals surface area contributed by atoms with Crippen molar-refractivity contribution in [1.82, 2.24) is 5.32 Å². The maximum absolute atomic E-state index is 5.27. The van der Waals surface area contributed by atoms with Gasteiger partial charge in [0.1, 0.15) is 0 Å². The van der Waals surface area contributed by atoms with E-state index < -0.39 is 0 Å². The summed E-state index contributed by atoms with van der Waals surface area (Å²) >= 11 is 0. The second-order valence-electron chi connectivity index (χ2n) is 3.86. The van der Waals surface area contributed by atoms with E-state index in [1.54, 1.807) is 0 Å². The Kier molecular flexibility index (Phi) is 2.90. The van der Waals surface area contributed by atoms with Gasteiger partial charge in [0.2, 0.25) is 0 Å². The molecule has 0 unspecified atom stereocenters. The fraction of sp³-hybridized carbons (Fsp3) is 1.00. The predicted octanol–water partition coefficient (Wildman–Crippen LogP) is 1.27. The van der Waals surface area contributed by atoms with Crippen molar-refractivity contribution < 1.29 is 4.74 Å². The summed E-state index contributed by atoms with van der Waals surface area (Å²) in [7, 11) is 2.01. The van der Waals surface area contributed by atoms with Gasteiger partial charge in [-0.1, -0.05) is 13.8 Å². The average Bonchev–Trinajstić information content (AvgIpc) is 1.85. The molecule has 0 aromatic rings. The van der Waals surface area contributed by atoms with Crippen LogP contribution in [-0.4, -0.2) is 26.8 Å². The zero-order valence-corrected chi connectivity index (χ0v) is 7.81. The Hall–Kier alpha value is -0.0800. The molecule has 1 aliphatic heterocycles. The van der Waals surface area contributed by atoms with Crippen molar-refractivity contribution in [3.63, 3.8) is 0 Å². The summed E-state index contributed by atoms with van der Waals surface area (Å²) in [5.41, 5.74) is 0.489. The van der Waals surface area contributed by atoms with Crippen molar-refractivity contribution >= 4 is 0 Å². The van der Waals surface area contributed by atoms with E-state index in [2.05, 4.69) is 19.2 Å². The van der Waals surface area contributed by atoms with Gasteiger partial charge in [0, 0.05) is 5.41 Å². The third-order valence-electron chi connectivity index (χ3n) is 2.88. The van der Waals surface area contributed by atoms with Crippen LogP contribution in [0.3, 0.4) is 0 Å². The Balaban J connectivity index is 2.34. The van der Waals surface area contributed by atoms with Crippen molar-refractivity contribution in [2.45, 2.75) is 20.3 Å². The molecule has 1 heterocycles. The summed E-state index contributed by atoms with van der Waals surface area (Å²) in [5.74, 6) is 0.754. The van der Waals surface area contributed by atoms with Gasteiger partial charge in [0.15, 0.2) is 0 Å². The molecule has 0 spiro atoms. The quantitative estimate of drug-likeness (QED) is 0.663. The van der Waals surface area contributed by atoms with E-state index in [0.717, 1.165) is 25.7 Å². The topological polar surface area (TPSA) is 21.3 Å². The highest BCUT2D eigenvalue weighted by Crippen LogP contribution is 2.38. The highest BCUT2D eigenvalue weighted by Gasteiger charge is 2.40. The molecule has 0 bridgehead atoms. The van der Waals surface area contributed by atoms with Crippen molar-refractivity contribution in [2.24, 2.45) is 11.3 Å². The van der Waals surface area contributed by atoms with Gasteiger partial charge >= 0.3 is 0 Å². The van der Waals surface area contributed by atoms with Crippen molar-refractivity contribution in [3.8, 4) is 0 Å². The number of ether oxygens (including phenoxy) is 1. The number of hydrogen-bond donors (Lipinski definition) is 1. The molecule has 11 heavy (non-hydrogen) atoms. The third kappa shape index (κ3) is 1.74. The van der Waals surface area contributed by atoms with Crippen LogP contribution in [0.4, 0.5) is 0 Å². The van der Waals surface area contributed by atoms with Crippen LogP contribution in [0.2, 0.25) is 0 Å². The Morgan fingerprint density at radius 2 is 2.09 bits per heavy atom. The lowest BCUT2D eigenvalue weighted by Gasteiger charge is -2.45. The monoisotopic (exact) mass is 157 g/mol. The molecule has 0 radical (unpaired) electrons. The van der Waals surface area contributed by atoms with E-state index >= 15 is 0 Å². The van der Waals surface area contributed by atoms with E-state index in [0.29, 0.717) is 5.41 Å². The minimum Gasteiger partial charge on any atom is -0.380 e. The maximum atomic E-state index is 5.27. The summed E-state index contributed by atoms with van der Waals surface area (Å²) < 4.78 is 5.27. The van der Waals surface area contributed by atoms with Crippen LogP contribution in [0.5, 0.6) is 0 Å². The minimum atomic E-state index is 0.489. The highest BCUT2D eigenvalue weighted by molar-refractivity contribution is 4.88. The molecule has 0 aliphatic carbocycles. The molecule has 0 saturated carbocycles. The molecule has 66 valence electrons. The van der Waals surface area contributed by atoms with Gasteiger partial charge in [-0.25, -0.2) is 0 Å². The van der Waals surface area contributed by atoms with Crippen LogP contribution >= 0.6 is 0 Å². The molecule has 0 aromatic heterocycles. The van der Waals surface area contributed by atoms with E-state index in [-0.39, 0.29) is 0 Å². The number of nitrogens with one attached hydrogen (secondary N) is 1. The zero-order valence-electron chi connectivity index (χ0n) is 7.81. The lowest BCUT2D eigenvalue weighted by molar-refractivity contribution is -0.142. The van der Waals surface area contributed by atoms with E-state index in [1.807, 2.05) is 7.05 Å². The zero-order chi connectivity index (χ0) is 8.32. The van der Waals surface area contributed by atoms with Crippen LogP contribution < -0.4 is 5.32 Å². The van der Waals surface area contributed by atoms with Crippen LogP contribution in [0.1, 0.15) is 20.3 Å². The molecule has 0 amide bonds. The standard InChI is InChI=1S/C9H19NO/c1-8(2)9(4-5-10-3)6-11-7-9/h8,10H,4-7H2,1-3H3. The first kappa shape index (κ1) is 9.01. The Labute approximate surface area is 69.3 Å². The first-order valence-electron chi connectivity index (χ1n) is 4.43. The number of hydrogen-bond acceptors (Lipinski definition) is 2. The Bertz CT molecular complexity index is 119. The summed E-state index contributed by atoms with van der Waals surface area (Å²) in [6, 6.07) is 0. The van der Waals surface area contributed by atoms with Crippen LogP contribution in [0.25, 0.3) is 0 Å². The molecule has 2 nitrogen and oxygen atoms in total. The van der Waals surface area contributed by atoms with Gasteiger partial charge in [-0.2, -0.15) is 0 Å². The minimum absolute atomic E-state index is 0.489. The molecule has 1 rings (SSSR count).